The number of anilines is 3. The van der Waals surface area contributed by atoms with Gasteiger partial charge in [0.15, 0.2) is 5.78 Å². The topological polar surface area (TPSA) is 127 Å². The van der Waals surface area contributed by atoms with E-state index in [0.717, 1.165) is 64.8 Å². The third kappa shape index (κ3) is 8.59. The minimum atomic E-state index is -0.857. The maximum atomic E-state index is 13.6. The van der Waals surface area contributed by atoms with Crippen LogP contribution in [0, 0.1) is 39.5 Å². The molecule has 66 heavy (non-hydrogen) atoms. The molecule has 0 spiro atoms. The lowest BCUT2D eigenvalue weighted by Crippen LogP contribution is -2.33. The molecule has 10 heteroatoms. The molecule has 9 rings (SSSR count). The average Bonchev–Trinajstić information content (AvgIpc) is 3.97. The van der Waals surface area contributed by atoms with Crippen LogP contribution in [0.5, 0.6) is 23.0 Å². The van der Waals surface area contributed by atoms with E-state index in [1.807, 2.05) is 52.0 Å². The van der Waals surface area contributed by atoms with E-state index in [1.165, 1.54) is 47.4 Å². The number of hydrogen-bond acceptors (Lipinski definition) is 9. The summed E-state index contributed by atoms with van der Waals surface area (Å²) in [5.74, 6) is 2.26. The molecule has 1 aromatic heterocycles. The molecule has 0 unspecified atom stereocenters. The van der Waals surface area contributed by atoms with Crippen LogP contribution < -0.4 is 25.0 Å². The number of rotatable bonds is 6. The predicted molar refractivity (Wildman–Crippen MR) is 265 cm³/mol. The number of thioether (sulfide) groups is 1. The van der Waals surface area contributed by atoms with Crippen LogP contribution in [0.1, 0.15) is 38.3 Å². The normalized spacial score (nSPS) is 13.0. The van der Waals surface area contributed by atoms with E-state index in [4.69, 9.17) is 0 Å². The van der Waals surface area contributed by atoms with Crippen molar-refractivity contribution >= 4 is 78.6 Å². The molecule has 8 nitrogen and oxygen atoms in total. The maximum absolute atomic E-state index is 13.6. The first-order valence-corrected chi connectivity index (χ1v) is 22.5. The zero-order valence-corrected chi connectivity index (χ0v) is 37.8. The monoisotopic (exact) mass is 900 g/mol. The van der Waals surface area contributed by atoms with Crippen molar-refractivity contribution in [2.45, 2.75) is 27.7 Å². The van der Waals surface area contributed by atoms with Crippen LogP contribution in [0.3, 0.4) is 0 Å². The van der Waals surface area contributed by atoms with Crippen molar-refractivity contribution in [1.29, 1.82) is 0 Å². The Morgan fingerprint density at radius 1 is 0.576 bits per heavy atom. The van der Waals surface area contributed by atoms with Crippen LogP contribution in [-0.4, -0.2) is 31.3 Å². The fourth-order valence-corrected chi connectivity index (χ4v) is 9.41. The number of benzene rings is 6. The summed E-state index contributed by atoms with van der Waals surface area (Å²) >= 11 is 2.95. The molecule has 0 bridgehead atoms. The second kappa shape index (κ2) is 17.8. The highest BCUT2D eigenvalue weighted by atomic mass is 32.2. The largest absolute Gasteiger partial charge is 0.871 e. The van der Waals surface area contributed by atoms with Gasteiger partial charge in [-0.1, -0.05) is 99.8 Å². The average molecular weight is 901 g/mol. The molecule has 4 N–H and O–H groups in total. The number of carbonyl (C=O) groups excluding carboxylic acids is 1. The van der Waals surface area contributed by atoms with Gasteiger partial charge in [-0.25, -0.2) is 0 Å². The van der Waals surface area contributed by atoms with Crippen molar-refractivity contribution in [3.05, 3.63) is 211 Å². The van der Waals surface area contributed by atoms with Crippen LogP contribution in [0.15, 0.2) is 162 Å². The molecule has 0 saturated carbocycles. The number of phenolic OH excluding ortho intramolecular Hbond substituents is 4. The van der Waals surface area contributed by atoms with Gasteiger partial charge in [-0.3, -0.25) is 4.79 Å². The Kier molecular flexibility index (Phi) is 11.6. The van der Waals surface area contributed by atoms with E-state index in [2.05, 4.69) is 130 Å². The molecule has 2 aliphatic rings. The van der Waals surface area contributed by atoms with Crippen molar-refractivity contribution in [1.82, 2.24) is 4.58 Å². The van der Waals surface area contributed by atoms with Crippen molar-refractivity contribution < 1.29 is 30.3 Å². The molecule has 7 aromatic rings. The van der Waals surface area contributed by atoms with Crippen molar-refractivity contribution in [3.8, 4) is 34.8 Å². The van der Waals surface area contributed by atoms with Crippen molar-refractivity contribution in [2.24, 2.45) is 0 Å². The summed E-state index contributed by atoms with van der Waals surface area (Å²) < 4.78 is 2.15. The van der Waals surface area contributed by atoms with E-state index in [9.17, 15) is 30.3 Å². The number of nitrogens with zero attached hydrogens (tertiary/aromatic N) is 2. The number of thiophene rings is 1. The van der Waals surface area contributed by atoms with Gasteiger partial charge < -0.3 is 30.4 Å². The van der Waals surface area contributed by atoms with Gasteiger partial charge in [-0.05, 0) is 106 Å². The summed E-state index contributed by atoms with van der Waals surface area (Å²) in [6.45, 7) is 8.17. The Labute approximate surface area is 389 Å². The minimum absolute atomic E-state index is 0.252. The molecule has 0 radical (unpaired) electrons. The highest BCUT2D eigenvalue weighted by molar-refractivity contribution is 8.18. The summed E-state index contributed by atoms with van der Waals surface area (Å²) in [7, 11) is 0. The number of hydrogen-bond donors (Lipinski definition) is 4. The lowest BCUT2D eigenvalue weighted by Gasteiger charge is -2.31. The number of aryl methyl sites for hydroxylation is 4. The standard InChI is InChI=1S/C56H40N2O6S2/c1-33-5-15-39(16-6-33)57(40-17-7-34(2)8-18-40)49-27-25-43(65-49)23-13-37-29-45(59)51(46(60)30-37)53-55(63)54(56(53)64)52-47(61)31-38(32-48(52)62)14-24-44-26-28-50(66-44)58(41-19-9-35(3)10-20-41)42-21-11-36(4)12-22-42/h5-12,15-22,25-32H,1-4H3,(H4,59,60,61,62,63,64). The van der Waals surface area contributed by atoms with Gasteiger partial charge >= 0.3 is 0 Å². The number of phenols is 4. The summed E-state index contributed by atoms with van der Waals surface area (Å²) in [6.07, 6.45) is 3.88. The van der Waals surface area contributed by atoms with Crippen LogP contribution in [0.25, 0.3) is 16.9 Å². The molecule has 6 aromatic carbocycles. The number of aromatic hydroxyl groups is 4. The molecule has 1 aliphatic heterocycles. The highest BCUT2D eigenvalue weighted by Gasteiger charge is 2.34. The van der Waals surface area contributed by atoms with E-state index in [1.54, 1.807) is 0 Å². The Bertz CT molecular complexity index is 3360. The summed E-state index contributed by atoms with van der Waals surface area (Å²) in [5.41, 5.74) is 13.6. The van der Waals surface area contributed by atoms with Gasteiger partial charge in [0.25, 0.3) is 5.04 Å². The number of allylic oxidation sites excluding steroid dienone is 3. The Hall–Kier alpha value is -8.15. The first-order valence-electron chi connectivity index (χ1n) is 20.9. The van der Waals surface area contributed by atoms with Crippen LogP contribution in [-0.2, 0) is 4.79 Å². The van der Waals surface area contributed by atoms with E-state index in [0.29, 0.717) is 0 Å². The lowest BCUT2D eigenvalue weighted by molar-refractivity contribution is -0.293. The quantitative estimate of drug-likeness (QED) is 0.0739. The highest BCUT2D eigenvalue weighted by Crippen LogP contribution is 2.44. The van der Waals surface area contributed by atoms with E-state index < -0.39 is 45.7 Å². The Morgan fingerprint density at radius 2 is 1.09 bits per heavy atom. The number of ketones is 1. The van der Waals surface area contributed by atoms with E-state index in [-0.39, 0.29) is 21.6 Å². The summed E-state index contributed by atoms with van der Waals surface area (Å²) in [5, 5.41) is 59.5. The second-order valence-corrected chi connectivity index (χ2v) is 18.1. The molecular weight excluding hydrogens is 861 g/mol. The van der Waals surface area contributed by atoms with Crippen molar-refractivity contribution in [3.63, 3.8) is 0 Å². The fourth-order valence-electron chi connectivity index (χ4n) is 7.61. The third-order valence-electron chi connectivity index (χ3n) is 11.1. The smallest absolute Gasteiger partial charge is 0.251 e. The predicted octanol–water partition coefficient (Wildman–Crippen LogP) is 9.83. The molecule has 0 atom stereocenters. The summed E-state index contributed by atoms with van der Waals surface area (Å²) in [6, 6.07) is 42.0. The van der Waals surface area contributed by atoms with Gasteiger partial charge in [0, 0.05) is 63.6 Å². The second-order valence-electron chi connectivity index (χ2n) is 16.0. The molecule has 1 aliphatic carbocycles. The number of Topliss-reactive ketones (excluding diaryl/α,β-unsaturated/α-hetero) is 1. The number of carbonyl (C=O) groups is 1. The van der Waals surface area contributed by atoms with E-state index >= 15 is 0 Å². The Morgan fingerprint density at radius 3 is 1.61 bits per heavy atom. The van der Waals surface area contributed by atoms with Crippen molar-refractivity contribution in [2.75, 3.05) is 4.90 Å². The van der Waals surface area contributed by atoms with Crippen LogP contribution in [0.4, 0.5) is 27.8 Å². The zero-order valence-electron chi connectivity index (χ0n) is 36.2. The lowest BCUT2D eigenvalue weighted by atomic mass is 9.81. The molecule has 0 saturated heterocycles. The molecule has 2 heterocycles. The third-order valence-corrected chi connectivity index (χ3v) is 13.0. The SMILES string of the molecule is Cc1ccc(N(c2ccc(C)cc2)c2ccc(C#Cc3cc(O)c(C4=C([O-])C(=c5c(O)cc(=C=C=C6C=CC(=[N+](c7ccc(C)cc7)c7ccc(C)cc7)S6)cc5O)C4=O)c(O)c3)s2)cc1. The van der Waals surface area contributed by atoms with Gasteiger partial charge in [-0.2, -0.15) is 0 Å². The summed E-state index contributed by atoms with van der Waals surface area (Å²) in [4.78, 5) is 17.2. The first kappa shape index (κ1) is 43.1. The molecular formula is C56H40N2O6S2. The van der Waals surface area contributed by atoms with Gasteiger partial charge in [0.1, 0.15) is 28.0 Å². The minimum Gasteiger partial charge on any atom is -0.871 e. The van der Waals surface area contributed by atoms with Gasteiger partial charge in [0.05, 0.1) is 20.6 Å². The van der Waals surface area contributed by atoms with Gasteiger partial charge in [-0.15, -0.1) is 15.9 Å². The fraction of sp³-hybridized carbons (Fsp3) is 0.0714. The first-order chi connectivity index (χ1) is 31.8. The van der Waals surface area contributed by atoms with Gasteiger partial charge in [0.2, 0.25) is 11.4 Å². The maximum Gasteiger partial charge on any atom is 0.251 e. The van der Waals surface area contributed by atoms with Crippen LogP contribution in [0.2, 0.25) is 0 Å². The molecule has 0 amide bonds. The molecule has 0 fully saturated rings. The molecule has 322 valence electrons. The Balaban J connectivity index is 0.990. The zero-order chi connectivity index (χ0) is 46.2. The van der Waals surface area contributed by atoms with Crippen LogP contribution >= 0.6 is 23.1 Å².